The van der Waals surface area contributed by atoms with Crippen LogP contribution in [0.2, 0.25) is 0 Å². The van der Waals surface area contributed by atoms with Crippen LogP contribution in [-0.2, 0) is 9.53 Å². The third kappa shape index (κ3) is 4.43. The zero-order valence-corrected chi connectivity index (χ0v) is 18.2. The van der Waals surface area contributed by atoms with E-state index in [1.807, 2.05) is 58.0 Å². The summed E-state index contributed by atoms with van der Waals surface area (Å²) in [6.45, 7) is 10.4. The fraction of sp³-hybridized carbons (Fsp3) is 0.455. The summed E-state index contributed by atoms with van der Waals surface area (Å²) >= 11 is 0. The highest BCUT2D eigenvalue weighted by atomic mass is 16.5. The van der Waals surface area contributed by atoms with Gasteiger partial charge in [-0.3, -0.25) is 9.59 Å². The summed E-state index contributed by atoms with van der Waals surface area (Å²) in [4.78, 5) is 25.7. The van der Waals surface area contributed by atoms with Gasteiger partial charge in [0.25, 0.3) is 5.56 Å². The molecule has 0 saturated heterocycles. The fourth-order valence-electron chi connectivity index (χ4n) is 3.40. The van der Waals surface area contributed by atoms with E-state index in [2.05, 4.69) is 15.5 Å². The first-order valence-electron chi connectivity index (χ1n) is 10.2. The third-order valence-electron chi connectivity index (χ3n) is 4.97. The van der Waals surface area contributed by atoms with Crippen molar-refractivity contribution in [1.82, 2.24) is 24.9 Å². The summed E-state index contributed by atoms with van der Waals surface area (Å²) < 4.78 is 8.43. The number of aryl methyl sites for hydroxylation is 2. The number of benzene rings is 1. The molecule has 3 aromatic rings. The zero-order valence-electron chi connectivity index (χ0n) is 18.2. The van der Waals surface area contributed by atoms with E-state index in [4.69, 9.17) is 4.74 Å². The monoisotopic (exact) mass is 411 g/mol. The maximum Gasteiger partial charge on any atom is 0.295 e. The minimum absolute atomic E-state index is 0.163. The van der Waals surface area contributed by atoms with Crippen molar-refractivity contribution >= 4 is 16.8 Å². The lowest BCUT2D eigenvalue weighted by atomic mass is 10.2. The van der Waals surface area contributed by atoms with Crippen molar-refractivity contribution in [3.05, 3.63) is 52.1 Å². The lowest BCUT2D eigenvalue weighted by Gasteiger charge is -2.15. The Hall–Kier alpha value is -3.00. The fourth-order valence-corrected chi connectivity index (χ4v) is 3.40. The average molecular weight is 412 g/mol. The number of fused-ring (bicyclic) bond motifs is 1. The number of ether oxygens (including phenoxy) is 1. The van der Waals surface area contributed by atoms with Crippen LogP contribution in [0.5, 0.6) is 0 Å². The maximum atomic E-state index is 13.1. The number of carbonyl (C=O) groups excluding carboxylic acids is 1. The second-order valence-corrected chi connectivity index (χ2v) is 7.63. The van der Waals surface area contributed by atoms with Gasteiger partial charge in [-0.1, -0.05) is 18.2 Å². The zero-order chi connectivity index (χ0) is 21.8. The second kappa shape index (κ2) is 9.21. The Morgan fingerprint density at radius 1 is 1.13 bits per heavy atom. The van der Waals surface area contributed by atoms with Gasteiger partial charge in [0.15, 0.2) is 5.52 Å². The van der Waals surface area contributed by atoms with Crippen LogP contribution in [0.25, 0.3) is 16.6 Å². The van der Waals surface area contributed by atoms with E-state index in [0.29, 0.717) is 30.8 Å². The molecule has 1 N–H and O–H groups in total. The maximum absolute atomic E-state index is 13.1. The summed E-state index contributed by atoms with van der Waals surface area (Å²) in [5.74, 6) is -0.257. The van der Waals surface area contributed by atoms with E-state index >= 15 is 0 Å². The molecule has 2 aromatic heterocycles. The molecule has 0 aliphatic carbocycles. The summed E-state index contributed by atoms with van der Waals surface area (Å²) in [6, 6.07) is 8.88. The quantitative estimate of drug-likeness (QED) is 0.576. The minimum Gasteiger partial charge on any atom is -0.379 e. The van der Waals surface area contributed by atoms with Crippen LogP contribution in [0.15, 0.2) is 35.1 Å². The van der Waals surface area contributed by atoms with Gasteiger partial charge >= 0.3 is 0 Å². The predicted octanol–water partition coefficient (Wildman–Crippen LogP) is 2.69. The molecule has 1 aromatic carbocycles. The second-order valence-electron chi connectivity index (χ2n) is 7.63. The van der Waals surface area contributed by atoms with E-state index in [0.717, 1.165) is 16.8 Å². The van der Waals surface area contributed by atoms with Gasteiger partial charge in [-0.05, 0) is 53.2 Å². The molecule has 0 spiro atoms. The third-order valence-corrected chi connectivity index (χ3v) is 4.97. The molecular weight excluding hydrogens is 382 g/mol. The highest BCUT2D eigenvalue weighted by Gasteiger charge is 2.22. The van der Waals surface area contributed by atoms with E-state index in [1.54, 1.807) is 11.6 Å². The smallest absolute Gasteiger partial charge is 0.295 e. The van der Waals surface area contributed by atoms with Gasteiger partial charge in [0, 0.05) is 13.2 Å². The van der Waals surface area contributed by atoms with Crippen molar-refractivity contribution in [1.29, 1.82) is 0 Å². The summed E-state index contributed by atoms with van der Waals surface area (Å²) in [7, 11) is 0. The van der Waals surface area contributed by atoms with Crippen LogP contribution >= 0.6 is 0 Å². The van der Waals surface area contributed by atoms with E-state index < -0.39 is 6.04 Å². The van der Waals surface area contributed by atoms with Crippen LogP contribution in [-0.4, -0.2) is 44.7 Å². The average Bonchev–Trinajstić information content (AvgIpc) is 3.08. The summed E-state index contributed by atoms with van der Waals surface area (Å²) in [5.41, 5.74) is 2.31. The molecule has 8 nitrogen and oxygen atoms in total. The van der Waals surface area contributed by atoms with Gasteiger partial charge in [-0.15, -0.1) is 0 Å². The number of para-hydroxylation sites is 1. The highest BCUT2D eigenvalue weighted by molar-refractivity contribution is 5.84. The molecule has 0 unspecified atom stereocenters. The van der Waals surface area contributed by atoms with Crippen molar-refractivity contribution < 1.29 is 9.53 Å². The number of nitrogens with zero attached hydrogens (tertiary/aromatic N) is 4. The molecule has 0 aliphatic heterocycles. The van der Waals surface area contributed by atoms with Crippen molar-refractivity contribution in [2.24, 2.45) is 0 Å². The van der Waals surface area contributed by atoms with Gasteiger partial charge in [0.1, 0.15) is 6.04 Å². The Bertz CT molecular complexity index is 1090. The topological polar surface area (TPSA) is 91.0 Å². The lowest BCUT2D eigenvalue weighted by Crippen LogP contribution is -2.38. The standard InChI is InChI=1S/C22H29N5O3/c1-14(2)30-13-9-12-23-21(28)17(5)27-22(29)20-19(15(3)24-27)16(4)26(25-20)18-10-7-6-8-11-18/h6-8,10-11,14,17H,9,12-13H2,1-5H3,(H,23,28)/t17-/m1/s1. The molecule has 1 atom stereocenters. The molecule has 8 heteroatoms. The normalized spacial score (nSPS) is 12.5. The lowest BCUT2D eigenvalue weighted by molar-refractivity contribution is -0.124. The van der Waals surface area contributed by atoms with E-state index in [1.165, 1.54) is 4.68 Å². The number of hydrogen-bond acceptors (Lipinski definition) is 5. The van der Waals surface area contributed by atoms with Crippen LogP contribution < -0.4 is 10.9 Å². The Labute approximate surface area is 175 Å². The number of aromatic nitrogens is 4. The first-order valence-corrected chi connectivity index (χ1v) is 10.2. The summed E-state index contributed by atoms with van der Waals surface area (Å²) in [6.07, 6.45) is 0.869. The highest BCUT2D eigenvalue weighted by Crippen LogP contribution is 2.21. The molecule has 1 amide bonds. The molecule has 0 aliphatic rings. The van der Waals surface area contributed by atoms with Crippen molar-refractivity contribution in [2.75, 3.05) is 13.2 Å². The summed E-state index contributed by atoms with van der Waals surface area (Å²) in [5, 5.41) is 12.5. The van der Waals surface area contributed by atoms with E-state index in [9.17, 15) is 9.59 Å². The van der Waals surface area contributed by atoms with Crippen molar-refractivity contribution in [3.8, 4) is 5.69 Å². The first-order chi connectivity index (χ1) is 14.3. The van der Waals surface area contributed by atoms with E-state index in [-0.39, 0.29) is 17.6 Å². The number of hydrogen-bond donors (Lipinski definition) is 1. The van der Waals surface area contributed by atoms with Gasteiger partial charge in [-0.25, -0.2) is 9.36 Å². The largest absolute Gasteiger partial charge is 0.379 e. The van der Waals surface area contributed by atoms with Crippen LogP contribution in [0.4, 0.5) is 0 Å². The van der Waals surface area contributed by atoms with Crippen LogP contribution in [0.1, 0.15) is 44.6 Å². The van der Waals surface area contributed by atoms with Crippen LogP contribution in [0, 0.1) is 13.8 Å². The predicted molar refractivity (Wildman–Crippen MR) is 116 cm³/mol. The molecule has 0 bridgehead atoms. The molecule has 0 saturated carbocycles. The van der Waals surface area contributed by atoms with Crippen LogP contribution in [0.3, 0.4) is 0 Å². The molecule has 0 fully saturated rings. The number of nitrogens with one attached hydrogen (secondary N) is 1. The Morgan fingerprint density at radius 2 is 1.83 bits per heavy atom. The van der Waals surface area contributed by atoms with Gasteiger partial charge in [0.05, 0.1) is 28.6 Å². The Balaban J connectivity index is 1.86. The minimum atomic E-state index is -0.742. The molecule has 2 heterocycles. The number of carbonyl (C=O) groups is 1. The van der Waals surface area contributed by atoms with Gasteiger partial charge < -0.3 is 10.1 Å². The molecule has 0 radical (unpaired) electrons. The Morgan fingerprint density at radius 3 is 2.50 bits per heavy atom. The van der Waals surface area contributed by atoms with Crippen molar-refractivity contribution in [2.45, 2.75) is 53.2 Å². The SMILES string of the molecule is Cc1nn([C@H](C)C(=O)NCCCOC(C)C)c(=O)c2nn(-c3ccccc3)c(C)c12. The van der Waals surface area contributed by atoms with Crippen molar-refractivity contribution in [3.63, 3.8) is 0 Å². The molecule has 160 valence electrons. The molecular formula is C22H29N5O3. The molecule has 30 heavy (non-hydrogen) atoms. The molecule has 3 rings (SSSR count). The first kappa shape index (κ1) is 21.7. The van der Waals surface area contributed by atoms with Gasteiger partial charge in [0.2, 0.25) is 5.91 Å². The van der Waals surface area contributed by atoms with Gasteiger partial charge in [-0.2, -0.15) is 10.2 Å². The number of rotatable bonds is 8. The Kier molecular flexibility index (Phi) is 6.66. The number of amides is 1.